The van der Waals surface area contributed by atoms with Gasteiger partial charge in [0.2, 0.25) is 0 Å². The molecule has 2 nitrogen and oxygen atoms in total. The Labute approximate surface area is 133 Å². The number of rotatable bonds is 3. The number of alkyl halides is 3. The molecule has 21 heavy (non-hydrogen) atoms. The van der Waals surface area contributed by atoms with Crippen LogP contribution in [0.4, 0.5) is 13.2 Å². The van der Waals surface area contributed by atoms with Gasteiger partial charge in [-0.05, 0) is 35.6 Å². The van der Waals surface area contributed by atoms with Crippen LogP contribution < -0.4 is 5.73 Å². The lowest BCUT2D eigenvalue weighted by Crippen LogP contribution is -2.36. The molecule has 1 rings (SSSR count). The van der Waals surface area contributed by atoms with E-state index >= 15 is 0 Å². The summed E-state index contributed by atoms with van der Waals surface area (Å²) in [6.07, 6.45) is -5.45. The van der Waals surface area contributed by atoms with E-state index in [0.29, 0.717) is 0 Å². The molecule has 122 valence electrons. The minimum Gasteiger partial charge on any atom is -0.388 e. The fourth-order valence-corrected chi connectivity index (χ4v) is 1.94. The van der Waals surface area contributed by atoms with Crippen LogP contribution in [0.1, 0.15) is 44.4 Å². The lowest BCUT2D eigenvalue weighted by atomic mass is 9.83. The Morgan fingerprint density at radius 2 is 1.76 bits per heavy atom. The minimum atomic E-state index is -4.47. The molecule has 7 heteroatoms. The minimum absolute atomic E-state index is 0. The zero-order chi connectivity index (χ0) is 15.7. The van der Waals surface area contributed by atoms with Crippen molar-refractivity contribution in [2.45, 2.75) is 45.5 Å². The lowest BCUT2D eigenvalue weighted by molar-refractivity contribution is -0.137. The van der Waals surface area contributed by atoms with Crippen LogP contribution >= 0.6 is 24.0 Å². The van der Waals surface area contributed by atoms with Crippen molar-refractivity contribution in [2.24, 2.45) is 11.1 Å². The van der Waals surface area contributed by atoms with Crippen LogP contribution in [0, 0.1) is 5.41 Å². The number of halogens is 5. The Morgan fingerprint density at radius 1 is 1.24 bits per heavy atom. The first-order valence-corrected chi connectivity index (χ1v) is 6.61. The molecule has 0 aliphatic carbocycles. The number of nitrogens with two attached hydrogens (primary N) is 1. The van der Waals surface area contributed by atoms with Gasteiger partial charge in [-0.25, -0.2) is 0 Å². The van der Waals surface area contributed by atoms with E-state index in [1.54, 1.807) is 0 Å². The van der Waals surface area contributed by atoms with Crippen molar-refractivity contribution in [1.82, 2.24) is 0 Å². The maximum absolute atomic E-state index is 12.7. The van der Waals surface area contributed by atoms with Crippen molar-refractivity contribution in [2.75, 3.05) is 0 Å². The molecule has 0 spiro atoms. The second kappa shape index (κ2) is 7.18. The predicted octanol–water partition coefficient (Wildman–Crippen LogP) is 4.58. The van der Waals surface area contributed by atoms with Crippen LogP contribution in [-0.2, 0) is 6.18 Å². The Hall–Kier alpha value is -0.490. The zero-order valence-corrected chi connectivity index (χ0v) is 13.6. The lowest BCUT2D eigenvalue weighted by Gasteiger charge is -2.29. The summed E-state index contributed by atoms with van der Waals surface area (Å²) in [4.78, 5) is 0. The van der Waals surface area contributed by atoms with Gasteiger partial charge < -0.3 is 10.8 Å². The summed E-state index contributed by atoms with van der Waals surface area (Å²) in [5.41, 5.74) is 4.91. The highest BCUT2D eigenvalue weighted by molar-refractivity contribution is 6.31. The van der Waals surface area contributed by atoms with Gasteiger partial charge in [-0.1, -0.05) is 32.4 Å². The number of benzene rings is 1. The van der Waals surface area contributed by atoms with Gasteiger partial charge in [0, 0.05) is 11.1 Å². The third-order valence-corrected chi connectivity index (χ3v) is 3.62. The van der Waals surface area contributed by atoms with E-state index in [1.807, 2.05) is 20.8 Å². The molecule has 0 aliphatic heterocycles. The Balaban J connectivity index is 0.00000400. The smallest absolute Gasteiger partial charge is 0.388 e. The van der Waals surface area contributed by atoms with Crippen molar-refractivity contribution in [3.63, 3.8) is 0 Å². The van der Waals surface area contributed by atoms with E-state index < -0.39 is 17.8 Å². The molecule has 0 bridgehead atoms. The van der Waals surface area contributed by atoms with Crippen molar-refractivity contribution >= 4 is 24.0 Å². The van der Waals surface area contributed by atoms with Gasteiger partial charge >= 0.3 is 6.18 Å². The molecule has 0 heterocycles. The molecule has 0 aromatic heterocycles. The molecule has 0 unspecified atom stereocenters. The largest absolute Gasteiger partial charge is 0.416 e. The van der Waals surface area contributed by atoms with Crippen LogP contribution in [0.3, 0.4) is 0 Å². The fraction of sp³-hybridized carbons (Fsp3) is 0.571. The molecular weight excluding hydrogens is 326 g/mol. The summed E-state index contributed by atoms with van der Waals surface area (Å²) < 4.78 is 38.0. The van der Waals surface area contributed by atoms with Crippen LogP contribution in [0.15, 0.2) is 18.2 Å². The summed E-state index contributed by atoms with van der Waals surface area (Å²) in [6, 6.07) is 2.55. The van der Waals surface area contributed by atoms with Gasteiger partial charge in [-0.15, -0.1) is 12.4 Å². The van der Waals surface area contributed by atoms with E-state index in [2.05, 4.69) is 0 Å². The third kappa shape index (κ3) is 5.66. The van der Waals surface area contributed by atoms with E-state index in [-0.39, 0.29) is 40.9 Å². The normalized spacial score (nSPS) is 15.3. The fourth-order valence-electron chi connectivity index (χ4n) is 1.70. The van der Waals surface area contributed by atoms with Crippen molar-refractivity contribution in [3.8, 4) is 0 Å². The molecule has 1 aromatic rings. The van der Waals surface area contributed by atoms with Crippen LogP contribution in [0.2, 0.25) is 5.02 Å². The first kappa shape index (κ1) is 20.5. The molecule has 0 aliphatic rings. The number of hydrogen-bond acceptors (Lipinski definition) is 2. The van der Waals surface area contributed by atoms with E-state index in [1.165, 1.54) is 0 Å². The topological polar surface area (TPSA) is 46.2 Å². The molecule has 3 N–H and O–H groups in total. The Morgan fingerprint density at radius 3 is 2.19 bits per heavy atom. The van der Waals surface area contributed by atoms with Gasteiger partial charge in [0.25, 0.3) is 0 Å². The van der Waals surface area contributed by atoms with Gasteiger partial charge in [0.15, 0.2) is 0 Å². The molecule has 0 saturated carbocycles. The Bertz CT molecular complexity index is 472. The van der Waals surface area contributed by atoms with Crippen LogP contribution in [0.5, 0.6) is 0 Å². The van der Waals surface area contributed by atoms with Gasteiger partial charge in [-0.2, -0.15) is 13.2 Å². The first-order valence-electron chi connectivity index (χ1n) is 6.23. The summed E-state index contributed by atoms with van der Waals surface area (Å²) >= 11 is 5.87. The Kier molecular flexibility index (Phi) is 7.01. The zero-order valence-electron chi connectivity index (χ0n) is 12.0. The average molecular weight is 346 g/mol. The number of aliphatic hydroxyl groups is 1. The molecule has 0 amide bonds. The van der Waals surface area contributed by atoms with Crippen molar-refractivity contribution in [3.05, 3.63) is 34.3 Å². The summed E-state index contributed by atoms with van der Waals surface area (Å²) in [7, 11) is 0. The molecule has 0 saturated heterocycles. The van der Waals surface area contributed by atoms with Gasteiger partial charge in [-0.3, -0.25) is 0 Å². The second-order valence-corrected chi connectivity index (χ2v) is 6.37. The number of hydrogen-bond donors (Lipinski definition) is 2. The summed E-state index contributed by atoms with van der Waals surface area (Å²) in [5, 5.41) is 10.2. The molecule has 0 radical (unpaired) electrons. The van der Waals surface area contributed by atoms with Gasteiger partial charge in [0.05, 0.1) is 11.7 Å². The van der Waals surface area contributed by atoms with Crippen molar-refractivity contribution < 1.29 is 18.3 Å². The molecular formula is C14H20Cl2F3NO. The van der Waals surface area contributed by atoms with E-state index in [0.717, 1.165) is 18.2 Å². The summed E-state index contributed by atoms with van der Waals surface area (Å²) in [5.74, 6) is 0. The maximum atomic E-state index is 12.7. The van der Waals surface area contributed by atoms with E-state index in [9.17, 15) is 18.3 Å². The third-order valence-electron chi connectivity index (χ3n) is 3.27. The highest BCUT2D eigenvalue weighted by Gasteiger charge is 2.32. The van der Waals surface area contributed by atoms with Gasteiger partial charge in [0.1, 0.15) is 0 Å². The molecule has 2 atom stereocenters. The first-order chi connectivity index (χ1) is 8.93. The van der Waals surface area contributed by atoms with Crippen LogP contribution in [-0.4, -0.2) is 11.1 Å². The summed E-state index contributed by atoms with van der Waals surface area (Å²) in [6.45, 7) is 5.70. The van der Waals surface area contributed by atoms with E-state index in [4.69, 9.17) is 17.3 Å². The molecule has 1 aromatic carbocycles. The maximum Gasteiger partial charge on any atom is 0.416 e. The SMILES string of the molecule is CC(C)(C)[C@@H](N)C[C@@H](O)c1cc(C(F)(F)F)ccc1Cl.Cl. The highest BCUT2D eigenvalue weighted by atomic mass is 35.5. The second-order valence-electron chi connectivity index (χ2n) is 5.96. The predicted molar refractivity (Wildman–Crippen MR) is 80.7 cm³/mol. The molecule has 0 fully saturated rings. The monoisotopic (exact) mass is 345 g/mol. The standard InChI is InChI=1S/C14H19ClF3NO.ClH/c1-13(2,3)12(19)7-11(20)9-6-8(14(16,17)18)4-5-10(9)15;/h4-6,11-12,20H,7,19H2,1-3H3;1H/t11-,12+;/m1./s1. The average Bonchev–Trinajstić information content (AvgIpc) is 2.26. The van der Waals surface area contributed by atoms with Crippen molar-refractivity contribution in [1.29, 1.82) is 0 Å². The quantitative estimate of drug-likeness (QED) is 0.842. The van der Waals surface area contributed by atoms with Crippen LogP contribution in [0.25, 0.3) is 0 Å². The number of aliphatic hydroxyl groups excluding tert-OH is 1. The highest BCUT2D eigenvalue weighted by Crippen LogP contribution is 2.35.